The Labute approximate surface area is 173 Å². The third kappa shape index (κ3) is 3.76. The largest absolute Gasteiger partial charge is 0.361 e. The molecule has 30 heavy (non-hydrogen) atoms. The van der Waals surface area contributed by atoms with Crippen molar-refractivity contribution in [2.45, 2.75) is 31.2 Å². The minimum absolute atomic E-state index is 0.173. The summed E-state index contributed by atoms with van der Waals surface area (Å²) in [5.74, 6) is 0.663. The molecule has 1 aliphatic heterocycles. The second-order valence-corrected chi connectivity index (χ2v) is 8.43. The molecule has 11 heteroatoms. The van der Waals surface area contributed by atoms with Gasteiger partial charge in [-0.3, -0.25) is 8.75 Å². The minimum Gasteiger partial charge on any atom is -0.361 e. The highest BCUT2D eigenvalue weighted by molar-refractivity contribution is 7.84. The number of hydrogen-bond donors (Lipinski definition) is 2. The van der Waals surface area contributed by atoms with Gasteiger partial charge >= 0.3 is 10.3 Å². The summed E-state index contributed by atoms with van der Waals surface area (Å²) >= 11 is 0. The number of anilines is 1. The Bertz CT molecular complexity index is 1180. The Morgan fingerprint density at radius 1 is 1.23 bits per heavy atom. The summed E-state index contributed by atoms with van der Waals surface area (Å²) in [5, 5.41) is 8.37. The van der Waals surface area contributed by atoms with E-state index < -0.39 is 22.6 Å². The maximum absolute atomic E-state index is 11.0. The van der Waals surface area contributed by atoms with Crippen LogP contribution in [-0.2, 0) is 25.6 Å². The molecule has 0 bridgehead atoms. The van der Waals surface area contributed by atoms with E-state index in [1.165, 1.54) is 17.5 Å². The Balaban J connectivity index is 1.35. The van der Waals surface area contributed by atoms with Gasteiger partial charge in [0, 0.05) is 12.8 Å². The van der Waals surface area contributed by atoms with Gasteiger partial charge in [0.25, 0.3) is 0 Å². The van der Waals surface area contributed by atoms with Gasteiger partial charge in [0.2, 0.25) is 0 Å². The monoisotopic (exact) mass is 428 g/mol. The third-order valence-corrected chi connectivity index (χ3v) is 5.74. The predicted molar refractivity (Wildman–Crippen MR) is 108 cm³/mol. The van der Waals surface area contributed by atoms with Crippen molar-refractivity contribution in [2.75, 3.05) is 11.9 Å². The van der Waals surface area contributed by atoms with Gasteiger partial charge in [0.1, 0.15) is 12.6 Å². The number of benzene rings is 1. The van der Waals surface area contributed by atoms with E-state index in [0.717, 1.165) is 12.8 Å². The van der Waals surface area contributed by atoms with E-state index in [0.29, 0.717) is 17.0 Å². The molecule has 1 aromatic carbocycles. The average Bonchev–Trinajstić information content (AvgIpc) is 3.44. The van der Waals surface area contributed by atoms with E-state index in [4.69, 9.17) is 9.88 Å². The predicted octanol–water partition coefficient (Wildman–Crippen LogP) is 1.45. The van der Waals surface area contributed by atoms with Gasteiger partial charge in [-0.2, -0.15) is 8.42 Å². The number of hydrogen-bond acceptors (Lipinski definition) is 8. The van der Waals surface area contributed by atoms with Crippen LogP contribution in [0.15, 0.2) is 36.9 Å². The van der Waals surface area contributed by atoms with Crippen molar-refractivity contribution in [1.29, 1.82) is 0 Å². The second kappa shape index (κ2) is 7.58. The molecule has 0 amide bonds. The summed E-state index contributed by atoms with van der Waals surface area (Å²) in [4.78, 5) is 13.2. The van der Waals surface area contributed by atoms with Gasteiger partial charge in [0.05, 0.1) is 25.1 Å². The average molecular weight is 428 g/mol. The first-order chi connectivity index (χ1) is 14.5. The van der Waals surface area contributed by atoms with Crippen LogP contribution in [0.4, 0.5) is 5.82 Å². The van der Waals surface area contributed by atoms with Crippen LogP contribution in [0.1, 0.15) is 29.8 Å². The first-order valence-corrected chi connectivity index (χ1v) is 11.0. The molecule has 0 spiro atoms. The smallest absolute Gasteiger partial charge is 0.333 e. The van der Waals surface area contributed by atoms with E-state index in [1.807, 2.05) is 6.07 Å². The normalized spacial score (nSPS) is 23.7. The number of nitrogens with two attached hydrogens (primary N) is 1. The molecule has 3 N–H and O–H groups in total. The lowest BCUT2D eigenvalue weighted by molar-refractivity contribution is 0.000156. The van der Waals surface area contributed by atoms with Crippen molar-refractivity contribution in [2.24, 2.45) is 5.14 Å². The lowest BCUT2D eigenvalue weighted by Crippen LogP contribution is -2.23. The Hall–Kier alpha value is -2.60. The molecule has 3 heterocycles. The zero-order valence-electron chi connectivity index (χ0n) is 15.9. The second-order valence-electron chi connectivity index (χ2n) is 7.21. The van der Waals surface area contributed by atoms with Crippen molar-refractivity contribution in [3.8, 4) is 0 Å². The van der Waals surface area contributed by atoms with Crippen LogP contribution in [0, 0.1) is 12.8 Å². The fourth-order valence-corrected chi connectivity index (χ4v) is 4.24. The van der Waals surface area contributed by atoms with E-state index in [2.05, 4.69) is 42.7 Å². The molecule has 1 fully saturated rings. The lowest BCUT2D eigenvalue weighted by Gasteiger charge is -2.16. The number of rotatable bonds is 6. The van der Waals surface area contributed by atoms with Crippen molar-refractivity contribution in [1.82, 2.24) is 19.5 Å². The molecule has 2 radical (unpaired) electrons. The Morgan fingerprint density at radius 2 is 2.10 bits per heavy atom. The standard InChI is InChI=1S/C19H20N6O4S/c20-30(26,27)28-9-13-6-8-16(29-13)25-11-23-17-18(21-10-22-19(17)25)24-15-7-5-12-3-1-2-4-14(12)15/h1-4,6,8,10-11,13,15-16H,5,7,9H2,(H2,20,26,27)(H,21,22,24)/t13-,15+,16-/m1/s1. The number of nitrogens with one attached hydrogen (secondary N) is 1. The maximum Gasteiger partial charge on any atom is 0.333 e. The van der Waals surface area contributed by atoms with E-state index in [9.17, 15) is 8.42 Å². The molecule has 0 saturated carbocycles. The molecule has 2 aromatic heterocycles. The van der Waals surface area contributed by atoms with Gasteiger partial charge in [0.15, 0.2) is 17.0 Å². The van der Waals surface area contributed by atoms with Gasteiger partial charge in [-0.15, -0.1) is 0 Å². The zero-order valence-corrected chi connectivity index (χ0v) is 16.7. The summed E-state index contributed by atoms with van der Waals surface area (Å²) < 4.78 is 34.1. The molecule has 0 unspecified atom stereocenters. The Kier molecular flexibility index (Phi) is 4.89. The fraction of sp³-hybridized carbons (Fsp3) is 0.316. The molecule has 10 nitrogen and oxygen atoms in total. The molecule has 1 aliphatic carbocycles. The van der Waals surface area contributed by atoms with E-state index in [1.54, 1.807) is 23.7 Å². The van der Waals surface area contributed by atoms with Crippen molar-refractivity contribution >= 4 is 27.3 Å². The van der Waals surface area contributed by atoms with Gasteiger partial charge in [-0.05, 0) is 24.0 Å². The molecular weight excluding hydrogens is 408 g/mol. The first kappa shape index (κ1) is 19.4. The fourth-order valence-electron chi connectivity index (χ4n) is 3.92. The van der Waals surface area contributed by atoms with Gasteiger partial charge in [-0.1, -0.05) is 24.3 Å². The number of nitrogens with zero attached hydrogens (tertiary/aromatic N) is 4. The molecule has 3 atom stereocenters. The first-order valence-electron chi connectivity index (χ1n) is 9.51. The summed E-state index contributed by atoms with van der Waals surface area (Å²) in [5.41, 5.74) is 3.89. The molecule has 156 valence electrons. The summed E-state index contributed by atoms with van der Waals surface area (Å²) in [6, 6.07) is 8.57. The molecule has 1 saturated heterocycles. The number of ether oxygens (including phenoxy) is 1. The third-order valence-electron chi connectivity index (χ3n) is 5.28. The maximum atomic E-state index is 11.0. The highest BCUT2D eigenvalue weighted by Crippen LogP contribution is 2.35. The summed E-state index contributed by atoms with van der Waals surface area (Å²) in [6.07, 6.45) is 7.62. The molecule has 2 aliphatic rings. The summed E-state index contributed by atoms with van der Waals surface area (Å²) in [6.45, 7) is -0.193. The Morgan fingerprint density at radius 3 is 2.97 bits per heavy atom. The SMILES string of the molecule is NS(=O)(=O)OC[C@H]1[CH][CH][C@H](n2cnc3c(N[C@H]4CCc5ccccc54)ncnc32)O1. The number of aryl methyl sites for hydroxylation is 1. The van der Waals surface area contributed by atoms with Crippen LogP contribution in [0.5, 0.6) is 0 Å². The van der Waals surface area contributed by atoms with Crippen molar-refractivity contribution in [3.63, 3.8) is 0 Å². The van der Waals surface area contributed by atoms with Crippen molar-refractivity contribution in [3.05, 3.63) is 60.9 Å². The van der Waals surface area contributed by atoms with Crippen LogP contribution in [-0.4, -0.2) is 40.6 Å². The molecule has 5 rings (SSSR count). The minimum atomic E-state index is -4.02. The molecule has 3 aromatic rings. The van der Waals surface area contributed by atoms with Crippen molar-refractivity contribution < 1.29 is 17.3 Å². The van der Waals surface area contributed by atoms with Crippen LogP contribution in [0.2, 0.25) is 0 Å². The number of imidazole rings is 1. The zero-order chi connectivity index (χ0) is 20.7. The van der Waals surface area contributed by atoms with Crippen LogP contribution in [0.25, 0.3) is 11.2 Å². The quantitative estimate of drug-likeness (QED) is 0.602. The number of aromatic nitrogens is 4. The lowest BCUT2D eigenvalue weighted by atomic mass is 10.1. The van der Waals surface area contributed by atoms with E-state index >= 15 is 0 Å². The summed E-state index contributed by atoms with van der Waals surface area (Å²) in [7, 11) is -4.02. The van der Waals surface area contributed by atoms with Crippen LogP contribution < -0.4 is 10.5 Å². The highest BCUT2D eigenvalue weighted by Gasteiger charge is 2.30. The van der Waals surface area contributed by atoms with Crippen LogP contribution >= 0.6 is 0 Å². The van der Waals surface area contributed by atoms with Gasteiger partial charge < -0.3 is 10.1 Å². The number of fused-ring (bicyclic) bond motifs is 2. The van der Waals surface area contributed by atoms with Gasteiger partial charge in [-0.25, -0.2) is 20.1 Å². The van der Waals surface area contributed by atoms with Crippen LogP contribution in [0.3, 0.4) is 0 Å². The molecular formula is C19H20N6O4S. The van der Waals surface area contributed by atoms with E-state index in [-0.39, 0.29) is 12.6 Å². The highest BCUT2D eigenvalue weighted by atomic mass is 32.2. The topological polar surface area (TPSA) is 134 Å².